The van der Waals surface area contributed by atoms with E-state index in [-0.39, 0.29) is 18.5 Å². The van der Waals surface area contributed by atoms with Crippen molar-refractivity contribution in [2.75, 3.05) is 25.2 Å². The summed E-state index contributed by atoms with van der Waals surface area (Å²) >= 11 is 0. The van der Waals surface area contributed by atoms with Gasteiger partial charge in [0.25, 0.3) is 5.91 Å². The van der Waals surface area contributed by atoms with Crippen LogP contribution in [0.4, 0.5) is 5.69 Å². The van der Waals surface area contributed by atoms with E-state index in [9.17, 15) is 13.2 Å². The quantitative estimate of drug-likeness (QED) is 0.723. The Balaban J connectivity index is 1.37. The van der Waals surface area contributed by atoms with Crippen molar-refractivity contribution < 1.29 is 27.4 Å². The number of benzene rings is 2. The molecular formula is C21H24N2O6S. The van der Waals surface area contributed by atoms with Crippen LogP contribution >= 0.6 is 0 Å². The van der Waals surface area contributed by atoms with Crippen LogP contribution in [0.2, 0.25) is 0 Å². The molecule has 0 aromatic heterocycles. The number of amides is 1. The molecule has 2 aliphatic heterocycles. The Hall–Kier alpha value is -2.78. The smallest absolute Gasteiger partial charge is 0.265 e. The number of fused-ring (bicyclic) bond motifs is 1. The Morgan fingerprint density at radius 2 is 1.90 bits per heavy atom. The summed E-state index contributed by atoms with van der Waals surface area (Å²) in [7, 11) is -3.35. The van der Waals surface area contributed by atoms with Gasteiger partial charge in [-0.15, -0.1) is 0 Å². The van der Waals surface area contributed by atoms with Gasteiger partial charge < -0.3 is 19.5 Å². The van der Waals surface area contributed by atoms with E-state index in [1.807, 2.05) is 0 Å². The van der Waals surface area contributed by atoms with Gasteiger partial charge in [0.05, 0.1) is 5.75 Å². The lowest BCUT2D eigenvalue weighted by Gasteiger charge is -2.17. The molecule has 0 bridgehead atoms. The van der Waals surface area contributed by atoms with Crippen LogP contribution in [0.1, 0.15) is 25.3 Å². The third-order valence-corrected chi connectivity index (χ3v) is 6.88. The van der Waals surface area contributed by atoms with Crippen molar-refractivity contribution in [3.8, 4) is 17.2 Å². The summed E-state index contributed by atoms with van der Waals surface area (Å²) in [6.45, 7) is 2.96. The number of nitrogens with zero attached hydrogens (tertiary/aromatic N) is 1. The average Bonchev–Trinajstić information content (AvgIpc) is 3.40. The molecule has 1 saturated heterocycles. The van der Waals surface area contributed by atoms with Crippen LogP contribution in [0.5, 0.6) is 17.2 Å². The molecule has 2 aromatic rings. The van der Waals surface area contributed by atoms with E-state index in [2.05, 4.69) is 5.32 Å². The summed E-state index contributed by atoms with van der Waals surface area (Å²) in [6, 6.07) is 12.0. The number of rotatable bonds is 7. The van der Waals surface area contributed by atoms with Crippen molar-refractivity contribution in [2.24, 2.45) is 0 Å². The van der Waals surface area contributed by atoms with Gasteiger partial charge in [-0.05, 0) is 49.6 Å². The van der Waals surface area contributed by atoms with Gasteiger partial charge in [0, 0.05) is 24.8 Å². The molecule has 160 valence electrons. The zero-order valence-corrected chi connectivity index (χ0v) is 17.5. The van der Waals surface area contributed by atoms with Crippen LogP contribution in [0.25, 0.3) is 0 Å². The molecular weight excluding hydrogens is 408 g/mol. The number of hydrogen-bond donors (Lipinski definition) is 1. The number of carbonyl (C=O) groups is 1. The van der Waals surface area contributed by atoms with Crippen molar-refractivity contribution in [1.82, 2.24) is 4.31 Å². The normalized spacial score (nSPS) is 17.0. The van der Waals surface area contributed by atoms with E-state index in [0.717, 1.165) is 12.8 Å². The van der Waals surface area contributed by atoms with Crippen LogP contribution < -0.4 is 19.5 Å². The van der Waals surface area contributed by atoms with Crippen LogP contribution in [0.3, 0.4) is 0 Å². The van der Waals surface area contributed by atoms with Crippen LogP contribution in [-0.4, -0.2) is 44.6 Å². The predicted molar refractivity (Wildman–Crippen MR) is 111 cm³/mol. The van der Waals surface area contributed by atoms with Crippen molar-refractivity contribution in [1.29, 1.82) is 0 Å². The summed E-state index contributed by atoms with van der Waals surface area (Å²) < 4.78 is 42.9. The molecule has 2 aliphatic rings. The number of ether oxygens (including phenoxy) is 3. The van der Waals surface area contributed by atoms with Crippen molar-refractivity contribution in [2.45, 2.75) is 31.6 Å². The van der Waals surface area contributed by atoms with Gasteiger partial charge in [-0.1, -0.05) is 12.1 Å². The van der Waals surface area contributed by atoms with Crippen molar-refractivity contribution in [3.63, 3.8) is 0 Å². The molecule has 8 nitrogen and oxygen atoms in total. The highest BCUT2D eigenvalue weighted by Gasteiger charge is 2.25. The van der Waals surface area contributed by atoms with Crippen molar-refractivity contribution in [3.05, 3.63) is 48.0 Å². The highest BCUT2D eigenvalue weighted by molar-refractivity contribution is 7.88. The number of anilines is 1. The first-order valence-electron chi connectivity index (χ1n) is 9.85. The molecule has 2 aromatic carbocycles. The maximum absolute atomic E-state index is 12.5. The van der Waals surface area contributed by atoms with Gasteiger partial charge in [-0.25, -0.2) is 12.7 Å². The van der Waals surface area contributed by atoms with Crippen LogP contribution in [0.15, 0.2) is 42.5 Å². The first-order valence-corrected chi connectivity index (χ1v) is 11.5. The summed E-state index contributed by atoms with van der Waals surface area (Å²) in [5.74, 6) is 1.28. The highest BCUT2D eigenvalue weighted by atomic mass is 32.2. The number of nitrogens with one attached hydrogen (secondary N) is 1. The van der Waals surface area contributed by atoms with Gasteiger partial charge in [0.15, 0.2) is 17.6 Å². The monoisotopic (exact) mass is 432 g/mol. The summed E-state index contributed by atoms with van der Waals surface area (Å²) in [5, 5.41) is 2.78. The zero-order valence-electron chi connectivity index (χ0n) is 16.7. The lowest BCUT2D eigenvalue weighted by molar-refractivity contribution is -0.122. The highest BCUT2D eigenvalue weighted by Crippen LogP contribution is 2.35. The van der Waals surface area contributed by atoms with E-state index < -0.39 is 16.1 Å². The molecule has 0 spiro atoms. The first-order chi connectivity index (χ1) is 14.4. The summed E-state index contributed by atoms with van der Waals surface area (Å²) in [5.41, 5.74) is 1.15. The fourth-order valence-corrected chi connectivity index (χ4v) is 5.06. The van der Waals surface area contributed by atoms with E-state index in [4.69, 9.17) is 14.2 Å². The van der Waals surface area contributed by atoms with E-state index in [1.54, 1.807) is 49.4 Å². The fourth-order valence-electron chi connectivity index (χ4n) is 3.46. The third kappa shape index (κ3) is 4.68. The lowest BCUT2D eigenvalue weighted by atomic mass is 10.2. The maximum atomic E-state index is 12.5. The number of hydrogen-bond acceptors (Lipinski definition) is 6. The summed E-state index contributed by atoms with van der Waals surface area (Å²) in [4.78, 5) is 12.5. The second-order valence-corrected chi connectivity index (χ2v) is 9.30. The van der Waals surface area contributed by atoms with Crippen LogP contribution in [0, 0.1) is 0 Å². The minimum absolute atomic E-state index is 0.0834. The number of sulfonamides is 1. The Kier molecular flexibility index (Phi) is 5.83. The maximum Gasteiger partial charge on any atom is 0.265 e. The Bertz CT molecular complexity index is 1030. The summed E-state index contributed by atoms with van der Waals surface area (Å²) in [6.07, 6.45) is 1.04. The van der Waals surface area contributed by atoms with E-state index in [1.165, 1.54) is 4.31 Å². The molecule has 0 aliphatic carbocycles. The Morgan fingerprint density at radius 3 is 2.70 bits per heavy atom. The molecule has 9 heteroatoms. The molecule has 0 saturated carbocycles. The fraction of sp³-hybridized carbons (Fsp3) is 0.381. The molecule has 1 amide bonds. The Morgan fingerprint density at radius 1 is 1.13 bits per heavy atom. The lowest BCUT2D eigenvalue weighted by Crippen LogP contribution is -2.30. The third-order valence-electron chi connectivity index (χ3n) is 5.03. The van der Waals surface area contributed by atoms with Crippen LogP contribution in [-0.2, 0) is 20.6 Å². The van der Waals surface area contributed by atoms with E-state index in [0.29, 0.717) is 41.6 Å². The van der Waals surface area contributed by atoms with E-state index >= 15 is 0 Å². The van der Waals surface area contributed by atoms with Gasteiger partial charge in [-0.3, -0.25) is 4.79 Å². The second-order valence-electron chi connectivity index (χ2n) is 7.33. The molecule has 1 fully saturated rings. The minimum Gasteiger partial charge on any atom is -0.481 e. The molecule has 0 unspecified atom stereocenters. The SMILES string of the molecule is C[C@H](Oc1ccc2c(c1)OCO2)C(=O)Nc1cccc(CS(=O)(=O)N2CCCC2)c1. The molecule has 30 heavy (non-hydrogen) atoms. The minimum atomic E-state index is -3.35. The van der Waals surface area contributed by atoms with Crippen molar-refractivity contribution >= 4 is 21.6 Å². The topological polar surface area (TPSA) is 94.2 Å². The Labute approximate surface area is 175 Å². The van der Waals surface area contributed by atoms with Gasteiger partial charge in [0.1, 0.15) is 5.75 Å². The second kappa shape index (κ2) is 8.53. The average molecular weight is 432 g/mol. The molecule has 1 N–H and O–H groups in total. The molecule has 2 heterocycles. The molecule has 1 atom stereocenters. The standard InChI is InChI=1S/C21H24N2O6S/c1-15(29-18-7-8-19-20(12-18)28-14-27-19)21(24)22-17-6-4-5-16(11-17)13-30(25,26)23-9-2-3-10-23/h4-8,11-12,15H,2-3,9-10,13-14H2,1H3,(H,22,24)/t15-/m0/s1. The van der Waals surface area contributed by atoms with Gasteiger partial charge in [-0.2, -0.15) is 0 Å². The predicted octanol–water partition coefficient (Wildman–Crippen LogP) is 2.75. The van der Waals surface area contributed by atoms with Gasteiger partial charge >= 0.3 is 0 Å². The number of carbonyl (C=O) groups excluding carboxylic acids is 1. The largest absolute Gasteiger partial charge is 0.481 e. The van der Waals surface area contributed by atoms with Gasteiger partial charge in [0.2, 0.25) is 16.8 Å². The molecule has 0 radical (unpaired) electrons. The first kappa shape index (κ1) is 20.5. The zero-order chi connectivity index (χ0) is 21.1. The molecule has 4 rings (SSSR count).